The van der Waals surface area contributed by atoms with Crippen LogP contribution in [0.3, 0.4) is 0 Å². The predicted molar refractivity (Wildman–Crippen MR) is 77.3 cm³/mol. The summed E-state index contributed by atoms with van der Waals surface area (Å²) in [5, 5.41) is 3.60. The van der Waals surface area contributed by atoms with Crippen molar-refractivity contribution in [2.75, 3.05) is 5.32 Å². The predicted octanol–water partition coefficient (Wildman–Crippen LogP) is 3.97. The molecular weight excluding hydrogens is 262 g/mol. The van der Waals surface area contributed by atoms with Crippen molar-refractivity contribution in [2.45, 2.75) is 26.9 Å². The average molecular weight is 278 g/mol. The van der Waals surface area contributed by atoms with Crippen molar-refractivity contribution in [1.82, 2.24) is 9.97 Å². The molecule has 1 aromatic carbocycles. The summed E-state index contributed by atoms with van der Waals surface area (Å²) >= 11 is 5.89. The van der Waals surface area contributed by atoms with Crippen molar-refractivity contribution in [3.63, 3.8) is 0 Å². The van der Waals surface area contributed by atoms with Gasteiger partial charge in [0.25, 0.3) is 0 Å². The summed E-state index contributed by atoms with van der Waals surface area (Å²) in [6.45, 7) is 5.80. The van der Waals surface area contributed by atoms with Crippen molar-refractivity contribution in [3.05, 3.63) is 41.3 Å². The molecule has 1 aromatic heterocycles. The molecule has 0 bridgehead atoms. The van der Waals surface area contributed by atoms with Crippen LogP contribution in [0.2, 0.25) is 5.15 Å². The molecule has 0 fully saturated rings. The lowest BCUT2D eigenvalue weighted by Gasteiger charge is -2.11. The molecule has 0 atom stereocenters. The summed E-state index contributed by atoms with van der Waals surface area (Å²) in [4.78, 5) is 8.28. The molecule has 0 aliphatic carbocycles. The maximum Gasteiger partial charge on any atom is 0.135 e. The van der Waals surface area contributed by atoms with Gasteiger partial charge in [-0.05, 0) is 45.0 Å². The van der Waals surface area contributed by atoms with Gasteiger partial charge in [-0.15, -0.1) is 0 Å². The molecule has 19 heavy (non-hydrogen) atoms. The highest BCUT2D eigenvalue weighted by Crippen LogP contribution is 2.21. The van der Waals surface area contributed by atoms with Gasteiger partial charge in [0.2, 0.25) is 0 Å². The second-order valence-corrected chi connectivity index (χ2v) is 4.83. The lowest BCUT2D eigenvalue weighted by molar-refractivity contribution is 0.242. The summed E-state index contributed by atoms with van der Waals surface area (Å²) in [6.07, 6.45) is 0.169. The minimum absolute atomic E-state index is 0.169. The van der Waals surface area contributed by atoms with Crippen LogP contribution in [0, 0.1) is 6.92 Å². The van der Waals surface area contributed by atoms with Crippen molar-refractivity contribution >= 4 is 23.1 Å². The van der Waals surface area contributed by atoms with Crippen LogP contribution in [0.1, 0.15) is 19.7 Å². The topological polar surface area (TPSA) is 47.0 Å². The number of nitrogens with zero attached hydrogens (tertiary/aromatic N) is 2. The minimum atomic E-state index is 0.169. The average Bonchev–Trinajstić information content (AvgIpc) is 2.29. The number of anilines is 2. The Morgan fingerprint density at radius 1 is 1.16 bits per heavy atom. The molecule has 0 amide bonds. The zero-order valence-electron chi connectivity index (χ0n) is 11.1. The van der Waals surface area contributed by atoms with Gasteiger partial charge in [-0.25, -0.2) is 9.97 Å². The summed E-state index contributed by atoms with van der Waals surface area (Å²) in [7, 11) is 0. The Hall–Kier alpha value is -1.81. The number of hydrogen-bond donors (Lipinski definition) is 1. The fourth-order valence-electron chi connectivity index (χ4n) is 1.63. The SMILES string of the molecule is Cc1nc(Cl)cc(Nc2ccc(OC(C)C)cc2)n1. The molecule has 100 valence electrons. The molecule has 0 spiro atoms. The van der Waals surface area contributed by atoms with E-state index in [0.717, 1.165) is 11.4 Å². The summed E-state index contributed by atoms with van der Waals surface area (Å²) < 4.78 is 5.58. The second-order valence-electron chi connectivity index (χ2n) is 4.44. The standard InChI is InChI=1S/C14H16ClN3O/c1-9(2)19-12-6-4-11(5-7-12)18-14-8-13(15)16-10(3)17-14/h4-9H,1-3H3,(H,16,17,18). The Kier molecular flexibility index (Phi) is 4.22. The van der Waals surface area contributed by atoms with Crippen molar-refractivity contribution < 1.29 is 4.74 Å². The fourth-order valence-corrected chi connectivity index (χ4v) is 1.86. The van der Waals surface area contributed by atoms with E-state index in [1.54, 1.807) is 13.0 Å². The number of ether oxygens (including phenoxy) is 1. The van der Waals surface area contributed by atoms with Gasteiger partial charge in [0, 0.05) is 11.8 Å². The number of benzene rings is 1. The first kappa shape index (κ1) is 13.6. The lowest BCUT2D eigenvalue weighted by atomic mass is 10.3. The molecule has 0 saturated heterocycles. The molecule has 1 N–H and O–H groups in total. The first-order chi connectivity index (χ1) is 9.02. The van der Waals surface area contributed by atoms with Gasteiger partial charge >= 0.3 is 0 Å². The molecule has 0 radical (unpaired) electrons. The van der Waals surface area contributed by atoms with Crippen LogP contribution < -0.4 is 10.1 Å². The fraction of sp³-hybridized carbons (Fsp3) is 0.286. The van der Waals surface area contributed by atoms with Crippen molar-refractivity contribution in [1.29, 1.82) is 0 Å². The highest BCUT2D eigenvalue weighted by molar-refractivity contribution is 6.29. The third-order valence-electron chi connectivity index (χ3n) is 2.31. The van der Waals surface area contributed by atoms with E-state index >= 15 is 0 Å². The van der Waals surface area contributed by atoms with Crippen LogP contribution in [0.25, 0.3) is 0 Å². The zero-order chi connectivity index (χ0) is 13.8. The Labute approximate surface area is 117 Å². The van der Waals surface area contributed by atoms with Gasteiger partial charge < -0.3 is 10.1 Å². The number of hydrogen-bond acceptors (Lipinski definition) is 4. The number of nitrogens with one attached hydrogen (secondary N) is 1. The van der Waals surface area contributed by atoms with E-state index in [0.29, 0.717) is 16.8 Å². The van der Waals surface area contributed by atoms with Gasteiger partial charge in [0.1, 0.15) is 22.5 Å². The molecule has 0 aliphatic rings. The highest BCUT2D eigenvalue weighted by Gasteiger charge is 2.02. The third kappa shape index (κ3) is 4.10. The van der Waals surface area contributed by atoms with Gasteiger partial charge in [-0.2, -0.15) is 0 Å². The molecule has 2 rings (SSSR count). The van der Waals surface area contributed by atoms with E-state index in [1.165, 1.54) is 0 Å². The molecule has 1 heterocycles. The van der Waals surface area contributed by atoms with Crippen LogP contribution in [-0.2, 0) is 0 Å². The smallest absolute Gasteiger partial charge is 0.135 e. The van der Waals surface area contributed by atoms with Crippen LogP contribution in [-0.4, -0.2) is 16.1 Å². The van der Waals surface area contributed by atoms with Crippen LogP contribution in [0.4, 0.5) is 11.5 Å². The molecule has 4 nitrogen and oxygen atoms in total. The Bertz CT molecular complexity index is 535. The number of aryl methyl sites for hydroxylation is 1. The highest BCUT2D eigenvalue weighted by atomic mass is 35.5. The minimum Gasteiger partial charge on any atom is -0.491 e. The summed E-state index contributed by atoms with van der Waals surface area (Å²) in [5.74, 6) is 2.15. The maximum absolute atomic E-state index is 5.89. The molecular formula is C14H16ClN3O. The van der Waals surface area contributed by atoms with E-state index in [9.17, 15) is 0 Å². The first-order valence-corrected chi connectivity index (χ1v) is 6.45. The van der Waals surface area contributed by atoms with E-state index in [-0.39, 0.29) is 6.10 Å². The number of halogens is 1. The zero-order valence-corrected chi connectivity index (χ0v) is 11.9. The van der Waals surface area contributed by atoms with E-state index in [2.05, 4.69) is 15.3 Å². The lowest BCUT2D eigenvalue weighted by Crippen LogP contribution is -2.05. The molecule has 2 aromatic rings. The van der Waals surface area contributed by atoms with Crippen molar-refractivity contribution in [3.8, 4) is 5.75 Å². The Balaban J connectivity index is 2.10. The van der Waals surface area contributed by atoms with Crippen molar-refractivity contribution in [2.24, 2.45) is 0 Å². The quantitative estimate of drug-likeness (QED) is 0.859. The van der Waals surface area contributed by atoms with E-state index in [1.807, 2.05) is 38.1 Å². The van der Waals surface area contributed by atoms with Crippen LogP contribution >= 0.6 is 11.6 Å². The Morgan fingerprint density at radius 2 is 1.84 bits per heavy atom. The Morgan fingerprint density at radius 3 is 2.42 bits per heavy atom. The number of aromatic nitrogens is 2. The van der Waals surface area contributed by atoms with Gasteiger partial charge in [0.15, 0.2) is 0 Å². The van der Waals surface area contributed by atoms with Gasteiger partial charge in [0.05, 0.1) is 6.10 Å². The second kappa shape index (κ2) is 5.89. The molecule has 5 heteroatoms. The van der Waals surface area contributed by atoms with Gasteiger partial charge in [-0.3, -0.25) is 0 Å². The first-order valence-electron chi connectivity index (χ1n) is 6.08. The normalized spacial score (nSPS) is 10.6. The molecule has 0 aliphatic heterocycles. The van der Waals surface area contributed by atoms with Gasteiger partial charge in [-0.1, -0.05) is 11.6 Å². The van der Waals surface area contributed by atoms with E-state index in [4.69, 9.17) is 16.3 Å². The maximum atomic E-state index is 5.89. The monoisotopic (exact) mass is 277 g/mol. The van der Waals surface area contributed by atoms with E-state index < -0.39 is 0 Å². The summed E-state index contributed by atoms with van der Waals surface area (Å²) in [5.41, 5.74) is 0.922. The molecule has 0 unspecified atom stereocenters. The largest absolute Gasteiger partial charge is 0.491 e. The number of rotatable bonds is 4. The third-order valence-corrected chi connectivity index (χ3v) is 2.50. The van der Waals surface area contributed by atoms with Crippen LogP contribution in [0.5, 0.6) is 5.75 Å². The summed E-state index contributed by atoms with van der Waals surface area (Å²) in [6, 6.07) is 9.38. The van der Waals surface area contributed by atoms with Crippen LogP contribution in [0.15, 0.2) is 30.3 Å². The molecule has 0 saturated carbocycles.